The van der Waals surface area contributed by atoms with Crippen LogP contribution in [0.4, 0.5) is 0 Å². The van der Waals surface area contributed by atoms with Gasteiger partial charge >= 0.3 is 0 Å². The highest BCUT2D eigenvalue weighted by molar-refractivity contribution is 6.01. The summed E-state index contributed by atoms with van der Waals surface area (Å²) in [5.74, 6) is 1.98. The average molecular weight is 417 g/mol. The van der Waals surface area contributed by atoms with Crippen LogP contribution < -0.4 is 0 Å². The molecular weight excluding hydrogens is 384 g/mol. The average Bonchev–Trinajstić information content (AvgIpc) is 3.12. The van der Waals surface area contributed by atoms with Gasteiger partial charge in [-0.15, -0.1) is 0 Å². The lowest BCUT2D eigenvalue weighted by Crippen LogP contribution is -2.49. The Hall–Kier alpha value is -2.26. The van der Waals surface area contributed by atoms with Crippen molar-refractivity contribution in [3.05, 3.63) is 71.3 Å². The van der Waals surface area contributed by atoms with Gasteiger partial charge in [0.1, 0.15) is 6.61 Å². The zero-order chi connectivity index (χ0) is 21.6. The van der Waals surface area contributed by atoms with Gasteiger partial charge in [-0.2, -0.15) is 0 Å². The zero-order valence-electron chi connectivity index (χ0n) is 18.6. The van der Waals surface area contributed by atoms with Crippen LogP contribution in [0.15, 0.2) is 65.8 Å². The molecule has 162 valence electrons. The Kier molecular flexibility index (Phi) is 5.13. The van der Waals surface area contributed by atoms with Gasteiger partial charge in [-0.25, -0.2) is 0 Å². The first-order valence-corrected chi connectivity index (χ1v) is 11.7. The minimum absolute atomic E-state index is 0.00368. The van der Waals surface area contributed by atoms with Crippen molar-refractivity contribution in [2.45, 2.75) is 52.6 Å². The number of fused-ring (bicyclic) bond motifs is 5. The van der Waals surface area contributed by atoms with Gasteiger partial charge in [-0.3, -0.25) is 9.59 Å². The number of ether oxygens (including phenoxy) is 1. The summed E-state index contributed by atoms with van der Waals surface area (Å²) >= 11 is 0. The Bertz CT molecular complexity index is 985. The van der Waals surface area contributed by atoms with Crippen LogP contribution in [0.2, 0.25) is 0 Å². The van der Waals surface area contributed by atoms with E-state index in [0.29, 0.717) is 24.4 Å². The highest BCUT2D eigenvalue weighted by Gasteiger charge is 2.57. The van der Waals surface area contributed by atoms with E-state index < -0.39 is 0 Å². The Morgan fingerprint density at radius 2 is 1.94 bits per heavy atom. The van der Waals surface area contributed by atoms with E-state index in [-0.39, 0.29) is 29.0 Å². The van der Waals surface area contributed by atoms with E-state index in [1.165, 1.54) is 5.57 Å². The zero-order valence-corrected chi connectivity index (χ0v) is 18.6. The van der Waals surface area contributed by atoms with Gasteiger partial charge in [0.25, 0.3) is 0 Å². The standard InChI is InChI=1S/C28H32O3/c1-27-14-12-21(29)16-20(27)8-9-22-23-10-11-25(28(23,2)15-13-24(22)27)26(30)18-31-17-19-6-4-3-5-7-19/h3-7,11-12,14,16,22-24H,8-10,13,15,17-18H2,1-2H3/t22-,23-,24-,27-,28-/m0/s1. The van der Waals surface area contributed by atoms with Crippen LogP contribution in [0.25, 0.3) is 0 Å². The minimum atomic E-state index is -0.0415. The van der Waals surface area contributed by atoms with Crippen molar-refractivity contribution in [3.8, 4) is 0 Å². The summed E-state index contributed by atoms with van der Waals surface area (Å²) in [6, 6.07) is 10.0. The molecule has 3 heteroatoms. The number of carbonyl (C=O) groups excluding carboxylic acids is 2. The fourth-order valence-electron chi connectivity index (χ4n) is 7.11. The van der Waals surface area contributed by atoms with Gasteiger partial charge in [0.15, 0.2) is 11.6 Å². The first kappa shape index (κ1) is 20.6. The molecule has 0 N–H and O–H groups in total. The Balaban J connectivity index is 1.28. The van der Waals surface area contributed by atoms with E-state index in [2.05, 4.69) is 26.0 Å². The molecule has 0 aromatic heterocycles. The molecule has 2 saturated carbocycles. The van der Waals surface area contributed by atoms with Crippen molar-refractivity contribution >= 4 is 11.6 Å². The summed E-state index contributed by atoms with van der Waals surface area (Å²) in [5.41, 5.74) is 3.38. The summed E-state index contributed by atoms with van der Waals surface area (Å²) in [6.07, 6.45) is 13.3. The third-order valence-electron chi connectivity index (χ3n) is 8.78. The summed E-state index contributed by atoms with van der Waals surface area (Å²) in [7, 11) is 0. The highest BCUT2D eigenvalue weighted by Crippen LogP contribution is 2.64. The summed E-state index contributed by atoms with van der Waals surface area (Å²) in [5, 5.41) is 0. The predicted octanol–water partition coefficient (Wildman–Crippen LogP) is 5.62. The second-order valence-electron chi connectivity index (χ2n) is 10.3. The number of allylic oxidation sites excluding steroid dienone is 5. The van der Waals surface area contributed by atoms with Crippen LogP contribution in [0.5, 0.6) is 0 Å². The molecule has 0 radical (unpaired) electrons. The second-order valence-corrected chi connectivity index (χ2v) is 10.3. The molecular formula is C28H32O3. The Morgan fingerprint density at radius 1 is 1.13 bits per heavy atom. The normalized spacial score (nSPS) is 36.2. The van der Waals surface area contributed by atoms with Crippen molar-refractivity contribution in [3.63, 3.8) is 0 Å². The molecule has 5 rings (SSSR count). The predicted molar refractivity (Wildman–Crippen MR) is 121 cm³/mol. The number of ketones is 2. The summed E-state index contributed by atoms with van der Waals surface area (Å²) in [4.78, 5) is 25.1. The lowest BCUT2D eigenvalue weighted by Gasteiger charge is -2.56. The second kappa shape index (κ2) is 7.70. The molecule has 0 bridgehead atoms. The number of rotatable bonds is 5. The van der Waals surface area contributed by atoms with Gasteiger partial charge in [0.05, 0.1) is 6.61 Å². The largest absolute Gasteiger partial charge is 0.369 e. The Labute approximate surface area is 185 Å². The van der Waals surface area contributed by atoms with Crippen LogP contribution in [0.1, 0.15) is 51.5 Å². The number of hydrogen-bond acceptors (Lipinski definition) is 3. The molecule has 0 amide bonds. The maximum absolute atomic E-state index is 13.1. The minimum Gasteiger partial charge on any atom is -0.369 e. The molecule has 31 heavy (non-hydrogen) atoms. The first-order chi connectivity index (χ1) is 14.9. The molecule has 0 unspecified atom stereocenters. The quantitative estimate of drug-likeness (QED) is 0.626. The SMILES string of the molecule is C[C@]12C=CC(=O)C=C1CC[C@@H]1[C@@H]2CC[C@]2(C)C(C(=O)COCc3ccccc3)=CC[C@@H]12. The smallest absolute Gasteiger partial charge is 0.184 e. The molecule has 4 aliphatic carbocycles. The maximum atomic E-state index is 13.1. The van der Waals surface area contributed by atoms with Gasteiger partial charge in [0, 0.05) is 5.41 Å². The number of hydrogen-bond donors (Lipinski definition) is 0. The maximum Gasteiger partial charge on any atom is 0.184 e. The summed E-state index contributed by atoms with van der Waals surface area (Å²) in [6.45, 7) is 5.28. The van der Waals surface area contributed by atoms with Crippen molar-refractivity contribution in [2.24, 2.45) is 28.6 Å². The van der Waals surface area contributed by atoms with Crippen LogP contribution in [-0.4, -0.2) is 18.2 Å². The number of benzene rings is 1. The van der Waals surface area contributed by atoms with E-state index >= 15 is 0 Å². The molecule has 5 atom stereocenters. The number of Topliss-reactive ketones (excluding diaryl/α,β-unsaturated/α-hetero) is 1. The van der Waals surface area contributed by atoms with Crippen LogP contribution >= 0.6 is 0 Å². The molecule has 2 fully saturated rings. The molecule has 3 nitrogen and oxygen atoms in total. The lowest BCUT2D eigenvalue weighted by atomic mass is 9.47. The van der Waals surface area contributed by atoms with Gasteiger partial charge in [0.2, 0.25) is 0 Å². The van der Waals surface area contributed by atoms with Crippen LogP contribution in [-0.2, 0) is 20.9 Å². The Morgan fingerprint density at radius 3 is 2.74 bits per heavy atom. The third kappa shape index (κ3) is 3.38. The van der Waals surface area contributed by atoms with E-state index in [1.54, 1.807) is 6.08 Å². The van der Waals surface area contributed by atoms with Crippen molar-refractivity contribution in [1.29, 1.82) is 0 Å². The van der Waals surface area contributed by atoms with Crippen LogP contribution in [0.3, 0.4) is 0 Å². The molecule has 0 spiro atoms. The highest BCUT2D eigenvalue weighted by atomic mass is 16.5. The number of carbonyl (C=O) groups is 2. The van der Waals surface area contributed by atoms with Gasteiger partial charge < -0.3 is 4.74 Å². The van der Waals surface area contributed by atoms with E-state index in [9.17, 15) is 9.59 Å². The van der Waals surface area contributed by atoms with Gasteiger partial charge in [-0.05, 0) is 78.6 Å². The molecule has 1 aromatic rings. The monoisotopic (exact) mass is 416 g/mol. The fourth-order valence-corrected chi connectivity index (χ4v) is 7.11. The van der Waals surface area contributed by atoms with E-state index in [4.69, 9.17) is 4.74 Å². The van der Waals surface area contributed by atoms with E-state index in [1.807, 2.05) is 36.4 Å². The van der Waals surface area contributed by atoms with Gasteiger partial charge in [-0.1, -0.05) is 61.9 Å². The molecule has 1 aromatic carbocycles. The first-order valence-electron chi connectivity index (χ1n) is 11.7. The molecule has 0 saturated heterocycles. The third-order valence-corrected chi connectivity index (χ3v) is 8.78. The van der Waals surface area contributed by atoms with Crippen molar-refractivity contribution in [1.82, 2.24) is 0 Å². The topological polar surface area (TPSA) is 43.4 Å². The molecule has 0 aliphatic heterocycles. The van der Waals surface area contributed by atoms with Crippen molar-refractivity contribution < 1.29 is 14.3 Å². The fraction of sp³-hybridized carbons (Fsp3) is 0.500. The molecule has 4 aliphatic rings. The van der Waals surface area contributed by atoms with E-state index in [0.717, 1.165) is 43.2 Å². The molecule has 0 heterocycles. The van der Waals surface area contributed by atoms with Crippen LogP contribution in [0, 0.1) is 28.6 Å². The lowest BCUT2D eigenvalue weighted by molar-refractivity contribution is -0.122. The van der Waals surface area contributed by atoms with Crippen molar-refractivity contribution in [2.75, 3.05) is 6.61 Å². The summed E-state index contributed by atoms with van der Waals surface area (Å²) < 4.78 is 5.78.